The van der Waals surface area contributed by atoms with E-state index in [1.165, 1.54) is 0 Å². The molecule has 1 aliphatic carbocycles. The van der Waals surface area contributed by atoms with Gasteiger partial charge in [0, 0.05) is 24.0 Å². The van der Waals surface area contributed by atoms with Crippen molar-refractivity contribution >= 4 is 15.9 Å². The molecule has 4 nitrogen and oxygen atoms in total. The molecule has 0 radical (unpaired) electrons. The van der Waals surface area contributed by atoms with Gasteiger partial charge in [-0.15, -0.1) is 0 Å². The topological polar surface area (TPSA) is 53.7 Å². The summed E-state index contributed by atoms with van der Waals surface area (Å²) in [4.78, 5) is 0. The van der Waals surface area contributed by atoms with E-state index in [9.17, 15) is 0 Å². The Balaban J connectivity index is 1.93. The number of benzene rings is 1. The minimum absolute atomic E-state index is 0.0276. The summed E-state index contributed by atoms with van der Waals surface area (Å²) in [7, 11) is 1.66. The third kappa shape index (κ3) is 3.69. The first-order valence-electron chi connectivity index (χ1n) is 6.40. The molecule has 0 saturated heterocycles. The van der Waals surface area contributed by atoms with E-state index in [4.69, 9.17) is 19.9 Å². The van der Waals surface area contributed by atoms with Crippen LogP contribution in [0.25, 0.3) is 0 Å². The van der Waals surface area contributed by atoms with Crippen LogP contribution in [0.3, 0.4) is 0 Å². The highest BCUT2D eigenvalue weighted by Crippen LogP contribution is 2.31. The van der Waals surface area contributed by atoms with Crippen LogP contribution in [0.1, 0.15) is 12.0 Å². The highest BCUT2D eigenvalue weighted by Gasteiger charge is 2.41. The van der Waals surface area contributed by atoms with Crippen molar-refractivity contribution < 1.29 is 14.2 Å². The first-order chi connectivity index (χ1) is 9.11. The molecule has 19 heavy (non-hydrogen) atoms. The lowest BCUT2D eigenvalue weighted by atomic mass is 9.86. The van der Waals surface area contributed by atoms with Crippen molar-refractivity contribution in [3.8, 4) is 5.75 Å². The molecule has 1 aromatic carbocycles. The van der Waals surface area contributed by atoms with E-state index < -0.39 is 0 Å². The number of rotatable bonds is 6. The Bertz CT molecular complexity index is 427. The van der Waals surface area contributed by atoms with Crippen molar-refractivity contribution in [2.45, 2.75) is 31.6 Å². The van der Waals surface area contributed by atoms with Crippen LogP contribution in [0.2, 0.25) is 0 Å². The first-order valence-corrected chi connectivity index (χ1v) is 7.20. The molecule has 106 valence electrons. The van der Waals surface area contributed by atoms with Crippen molar-refractivity contribution in [3.05, 3.63) is 28.2 Å². The summed E-state index contributed by atoms with van der Waals surface area (Å²) in [6.45, 7) is 3.15. The zero-order valence-electron chi connectivity index (χ0n) is 11.3. The Morgan fingerprint density at radius 2 is 2.16 bits per heavy atom. The fourth-order valence-electron chi connectivity index (χ4n) is 2.09. The highest BCUT2D eigenvalue weighted by molar-refractivity contribution is 9.10. The SMILES string of the molecule is COCCOC1C(N)CC1Oc1cc(Br)ccc1C. The third-order valence-electron chi connectivity index (χ3n) is 3.32. The molecular formula is C14H20BrNO3. The van der Waals surface area contributed by atoms with Crippen molar-refractivity contribution in [1.82, 2.24) is 0 Å². The van der Waals surface area contributed by atoms with Gasteiger partial charge < -0.3 is 19.9 Å². The van der Waals surface area contributed by atoms with Crippen molar-refractivity contribution in [3.63, 3.8) is 0 Å². The van der Waals surface area contributed by atoms with Gasteiger partial charge in [0.2, 0.25) is 0 Å². The molecule has 2 N–H and O–H groups in total. The zero-order chi connectivity index (χ0) is 13.8. The molecule has 0 aromatic heterocycles. The summed E-state index contributed by atoms with van der Waals surface area (Å²) >= 11 is 3.45. The van der Waals surface area contributed by atoms with Crippen LogP contribution in [0.5, 0.6) is 5.75 Å². The molecule has 0 spiro atoms. The van der Waals surface area contributed by atoms with Crippen molar-refractivity contribution in [2.24, 2.45) is 5.73 Å². The number of hydrogen-bond acceptors (Lipinski definition) is 4. The summed E-state index contributed by atoms with van der Waals surface area (Å²) in [6, 6.07) is 6.06. The lowest BCUT2D eigenvalue weighted by molar-refractivity contribution is -0.107. The second-order valence-electron chi connectivity index (χ2n) is 4.79. The summed E-state index contributed by atoms with van der Waals surface area (Å²) in [5, 5.41) is 0. The first kappa shape index (κ1) is 14.8. The largest absolute Gasteiger partial charge is 0.487 e. The number of nitrogens with two attached hydrogens (primary N) is 1. The Kier molecular flexibility index (Phi) is 5.21. The number of ether oxygens (including phenoxy) is 3. The van der Waals surface area contributed by atoms with Crippen LogP contribution in [-0.4, -0.2) is 38.6 Å². The van der Waals surface area contributed by atoms with Gasteiger partial charge in [0.25, 0.3) is 0 Å². The predicted molar refractivity (Wildman–Crippen MR) is 77.5 cm³/mol. The van der Waals surface area contributed by atoms with Gasteiger partial charge in [0.15, 0.2) is 0 Å². The minimum atomic E-state index is -0.0477. The minimum Gasteiger partial charge on any atom is -0.487 e. The number of aryl methyl sites for hydroxylation is 1. The number of methoxy groups -OCH3 is 1. The fourth-order valence-corrected chi connectivity index (χ4v) is 2.43. The van der Waals surface area contributed by atoms with E-state index in [-0.39, 0.29) is 18.2 Å². The van der Waals surface area contributed by atoms with Crippen LogP contribution < -0.4 is 10.5 Å². The molecule has 1 aliphatic rings. The molecule has 3 atom stereocenters. The molecule has 3 unspecified atom stereocenters. The summed E-state index contributed by atoms with van der Waals surface area (Å²) < 4.78 is 17.7. The smallest absolute Gasteiger partial charge is 0.128 e. The van der Waals surface area contributed by atoms with Crippen molar-refractivity contribution in [1.29, 1.82) is 0 Å². The normalized spacial score (nSPS) is 26.0. The van der Waals surface area contributed by atoms with E-state index >= 15 is 0 Å². The van der Waals surface area contributed by atoms with E-state index in [1.807, 2.05) is 25.1 Å². The van der Waals surface area contributed by atoms with Crippen LogP contribution in [0.4, 0.5) is 0 Å². The molecular weight excluding hydrogens is 310 g/mol. The summed E-state index contributed by atoms with van der Waals surface area (Å²) in [6.07, 6.45) is 0.803. The van der Waals surface area contributed by atoms with Crippen LogP contribution >= 0.6 is 15.9 Å². The van der Waals surface area contributed by atoms with Gasteiger partial charge in [-0.2, -0.15) is 0 Å². The molecule has 0 heterocycles. The van der Waals surface area contributed by atoms with E-state index in [0.717, 1.165) is 22.2 Å². The average molecular weight is 330 g/mol. The molecule has 1 fully saturated rings. The third-order valence-corrected chi connectivity index (χ3v) is 3.81. The lowest BCUT2D eigenvalue weighted by Gasteiger charge is -2.42. The molecule has 0 bridgehead atoms. The van der Waals surface area contributed by atoms with E-state index in [0.29, 0.717) is 13.2 Å². The van der Waals surface area contributed by atoms with Gasteiger partial charge in [0.05, 0.1) is 13.2 Å². The average Bonchev–Trinajstić information content (AvgIpc) is 2.38. The molecule has 0 amide bonds. The van der Waals surface area contributed by atoms with Crippen LogP contribution in [0, 0.1) is 6.92 Å². The van der Waals surface area contributed by atoms with Crippen LogP contribution in [0.15, 0.2) is 22.7 Å². The second-order valence-corrected chi connectivity index (χ2v) is 5.71. The van der Waals surface area contributed by atoms with Gasteiger partial charge >= 0.3 is 0 Å². The summed E-state index contributed by atoms with van der Waals surface area (Å²) in [5.74, 6) is 0.881. The number of hydrogen-bond donors (Lipinski definition) is 1. The van der Waals surface area contributed by atoms with Gasteiger partial charge in [0.1, 0.15) is 18.0 Å². The van der Waals surface area contributed by atoms with Crippen LogP contribution in [-0.2, 0) is 9.47 Å². The molecule has 0 aliphatic heterocycles. The maximum absolute atomic E-state index is 6.00. The zero-order valence-corrected chi connectivity index (χ0v) is 12.9. The Hall–Kier alpha value is -0.620. The van der Waals surface area contributed by atoms with Gasteiger partial charge in [-0.1, -0.05) is 22.0 Å². The van der Waals surface area contributed by atoms with E-state index in [1.54, 1.807) is 7.11 Å². The monoisotopic (exact) mass is 329 g/mol. The fraction of sp³-hybridized carbons (Fsp3) is 0.571. The maximum Gasteiger partial charge on any atom is 0.128 e. The van der Waals surface area contributed by atoms with Gasteiger partial charge in [-0.05, 0) is 24.6 Å². The standard InChI is InChI=1S/C14H20BrNO3/c1-9-3-4-10(15)7-12(9)19-13-8-11(16)14(13)18-6-5-17-2/h3-4,7,11,13-14H,5-6,8,16H2,1-2H3. The second kappa shape index (κ2) is 6.70. The van der Waals surface area contributed by atoms with Crippen molar-refractivity contribution in [2.75, 3.05) is 20.3 Å². The van der Waals surface area contributed by atoms with Gasteiger partial charge in [-0.25, -0.2) is 0 Å². The lowest BCUT2D eigenvalue weighted by Crippen LogP contribution is -2.59. The molecule has 1 aromatic rings. The quantitative estimate of drug-likeness (QED) is 0.813. The Labute approximate surface area is 122 Å². The van der Waals surface area contributed by atoms with Gasteiger partial charge in [-0.3, -0.25) is 0 Å². The predicted octanol–water partition coefficient (Wildman–Crippen LogP) is 2.27. The molecule has 5 heteroatoms. The number of halogens is 1. The Morgan fingerprint density at radius 1 is 1.37 bits per heavy atom. The molecule has 1 saturated carbocycles. The molecule has 2 rings (SSSR count). The highest BCUT2D eigenvalue weighted by atomic mass is 79.9. The maximum atomic E-state index is 6.00. The summed E-state index contributed by atoms with van der Waals surface area (Å²) in [5.41, 5.74) is 7.07. The van der Waals surface area contributed by atoms with E-state index in [2.05, 4.69) is 15.9 Å². The Morgan fingerprint density at radius 3 is 2.84 bits per heavy atom.